The molecule has 0 fully saturated rings. The molecular formula is C35H44N4O6. The molecule has 2 aliphatic heterocycles. The zero-order valence-corrected chi connectivity index (χ0v) is 27.6. The minimum absolute atomic E-state index is 0.0954. The molecule has 45 heavy (non-hydrogen) atoms. The number of aromatic amines is 2. The predicted octanol–water partition coefficient (Wildman–Crippen LogP) is 5.16. The molecule has 2 amide bonds. The van der Waals surface area contributed by atoms with Gasteiger partial charge < -0.3 is 30.1 Å². The van der Waals surface area contributed by atoms with Crippen molar-refractivity contribution in [2.45, 2.75) is 86.5 Å². The van der Waals surface area contributed by atoms with Crippen molar-refractivity contribution < 1.29 is 28.7 Å². The molecule has 0 aliphatic carbocycles. The monoisotopic (exact) mass is 616 g/mol. The number of H-pyrrole nitrogens is 2. The van der Waals surface area contributed by atoms with E-state index in [1.165, 1.54) is 14.2 Å². The lowest BCUT2D eigenvalue weighted by atomic mass is 9.98. The van der Waals surface area contributed by atoms with Gasteiger partial charge in [-0.3, -0.25) is 19.2 Å². The molecule has 10 nitrogen and oxygen atoms in total. The second-order valence-corrected chi connectivity index (χ2v) is 11.5. The molecule has 2 aromatic heterocycles. The normalized spacial score (nSPS) is 16.7. The van der Waals surface area contributed by atoms with Crippen LogP contribution in [-0.4, -0.2) is 47.9 Å². The average Bonchev–Trinajstić information content (AvgIpc) is 3.67. The largest absolute Gasteiger partial charge is 0.469 e. The highest BCUT2D eigenvalue weighted by Crippen LogP contribution is 2.32. The third kappa shape index (κ3) is 6.90. The van der Waals surface area contributed by atoms with Gasteiger partial charge in [-0.25, -0.2) is 0 Å². The Labute approximate surface area is 264 Å². The van der Waals surface area contributed by atoms with Crippen LogP contribution in [0.1, 0.15) is 98.4 Å². The van der Waals surface area contributed by atoms with Crippen LogP contribution in [0, 0.1) is 13.8 Å². The minimum Gasteiger partial charge on any atom is -0.469 e. The summed E-state index contributed by atoms with van der Waals surface area (Å²) in [6.07, 6.45) is 7.22. The highest BCUT2D eigenvalue weighted by atomic mass is 16.5. The van der Waals surface area contributed by atoms with E-state index in [0.717, 1.165) is 80.4 Å². The molecule has 4 rings (SSSR count). The fourth-order valence-corrected chi connectivity index (χ4v) is 6.25. The topological polar surface area (TPSA) is 142 Å². The molecule has 240 valence electrons. The standard InChI is InChI=1S/C35H44N4O6/c1-9-22-20(5)34(42)38-28(22)15-26-18(3)24(11-13-32(40)44-7)30(36-26)17-31-25(12-14-33(41)45-8)19(4)27(37-31)16-29-23(10-2)21(6)35(43)39-29/h15-16,36-37H,9-14,17H2,1-8H3,(H,38,42)(H,39,43)/b28-15-,29-16+. The van der Waals surface area contributed by atoms with E-state index in [-0.39, 0.29) is 36.6 Å². The molecule has 4 heterocycles. The van der Waals surface area contributed by atoms with Crippen LogP contribution in [-0.2, 0) is 47.9 Å². The maximum atomic E-state index is 12.4. The summed E-state index contributed by atoms with van der Waals surface area (Å²) in [6.45, 7) is 11.7. The van der Waals surface area contributed by atoms with E-state index in [4.69, 9.17) is 9.47 Å². The zero-order valence-electron chi connectivity index (χ0n) is 27.6. The Kier molecular flexibility index (Phi) is 10.4. The van der Waals surface area contributed by atoms with Crippen LogP contribution >= 0.6 is 0 Å². The molecule has 0 saturated carbocycles. The molecule has 10 heteroatoms. The number of aromatic nitrogens is 2. The number of carbonyl (C=O) groups excluding carboxylic acids is 4. The summed E-state index contributed by atoms with van der Waals surface area (Å²) in [4.78, 5) is 56.3. The Hall–Kier alpha value is -4.60. The number of rotatable bonds is 12. The molecule has 2 aliphatic rings. The lowest BCUT2D eigenvalue weighted by Gasteiger charge is -2.08. The van der Waals surface area contributed by atoms with Crippen molar-refractivity contribution in [3.8, 4) is 0 Å². The third-order valence-electron chi connectivity index (χ3n) is 9.00. The quantitative estimate of drug-likeness (QED) is 0.243. The van der Waals surface area contributed by atoms with E-state index in [2.05, 4.69) is 20.6 Å². The molecule has 0 radical (unpaired) electrons. The van der Waals surface area contributed by atoms with Crippen molar-refractivity contribution in [3.63, 3.8) is 0 Å². The third-order valence-corrected chi connectivity index (χ3v) is 9.00. The fraction of sp³-hybridized carbons (Fsp3) is 0.429. The number of amides is 2. The summed E-state index contributed by atoms with van der Waals surface area (Å²) < 4.78 is 9.86. The van der Waals surface area contributed by atoms with Gasteiger partial charge in [0.25, 0.3) is 11.8 Å². The van der Waals surface area contributed by atoms with Gasteiger partial charge in [0.2, 0.25) is 0 Å². The summed E-state index contributed by atoms with van der Waals surface area (Å²) in [6, 6.07) is 0. The number of nitrogens with one attached hydrogen (secondary N) is 4. The number of ether oxygens (including phenoxy) is 2. The number of methoxy groups -OCH3 is 2. The Balaban J connectivity index is 1.80. The summed E-state index contributed by atoms with van der Waals surface area (Å²) in [5, 5.41) is 5.97. The van der Waals surface area contributed by atoms with Crippen molar-refractivity contribution in [1.29, 1.82) is 0 Å². The minimum atomic E-state index is -0.298. The second-order valence-electron chi connectivity index (χ2n) is 11.5. The van der Waals surface area contributed by atoms with Crippen molar-refractivity contribution in [2.24, 2.45) is 0 Å². The number of hydrogen-bond donors (Lipinski definition) is 4. The molecule has 0 unspecified atom stereocenters. The maximum absolute atomic E-state index is 12.4. The van der Waals surface area contributed by atoms with E-state index in [1.807, 2.05) is 53.7 Å². The molecule has 0 aromatic carbocycles. The van der Waals surface area contributed by atoms with E-state index < -0.39 is 0 Å². The average molecular weight is 617 g/mol. The van der Waals surface area contributed by atoms with Crippen LogP contribution in [0.2, 0.25) is 0 Å². The SMILES string of the molecule is CCC1=C(C)C(=O)N/C1=C\c1[nH]c(Cc2[nH]c(/C=C3/NC(=O)C(C)=C3CC)c(C)c2CCC(=O)OC)c(CCC(=O)OC)c1C. The van der Waals surface area contributed by atoms with Gasteiger partial charge in [-0.05, 0) is 98.9 Å². The number of allylic oxidation sites excluding steroid dienone is 2. The highest BCUT2D eigenvalue weighted by molar-refractivity contribution is 6.01. The summed E-state index contributed by atoms with van der Waals surface area (Å²) in [5.41, 5.74) is 12.4. The zero-order chi connectivity index (χ0) is 33.0. The molecule has 0 spiro atoms. The number of hydrogen-bond acceptors (Lipinski definition) is 6. The number of carbonyl (C=O) groups is 4. The van der Waals surface area contributed by atoms with Gasteiger partial charge in [-0.1, -0.05) is 13.8 Å². The Morgan fingerprint density at radius 1 is 0.667 bits per heavy atom. The molecule has 0 bridgehead atoms. The smallest absolute Gasteiger partial charge is 0.305 e. The van der Waals surface area contributed by atoms with Crippen LogP contribution in [0.3, 0.4) is 0 Å². The molecule has 4 N–H and O–H groups in total. The van der Waals surface area contributed by atoms with Crippen LogP contribution in [0.5, 0.6) is 0 Å². The lowest BCUT2D eigenvalue weighted by Crippen LogP contribution is -2.15. The molecular weight excluding hydrogens is 572 g/mol. The van der Waals surface area contributed by atoms with Crippen molar-refractivity contribution >= 4 is 35.9 Å². The molecule has 0 atom stereocenters. The highest BCUT2D eigenvalue weighted by Gasteiger charge is 2.26. The Bertz CT molecular complexity index is 1550. The molecule has 2 aromatic rings. The first kappa shape index (κ1) is 33.3. The second kappa shape index (κ2) is 14.0. The summed E-state index contributed by atoms with van der Waals surface area (Å²) >= 11 is 0. The summed E-state index contributed by atoms with van der Waals surface area (Å²) in [5.74, 6) is -0.786. The van der Waals surface area contributed by atoms with Gasteiger partial charge in [0.1, 0.15) is 0 Å². The lowest BCUT2D eigenvalue weighted by molar-refractivity contribution is -0.141. The van der Waals surface area contributed by atoms with Crippen LogP contribution in [0.25, 0.3) is 12.2 Å². The van der Waals surface area contributed by atoms with Gasteiger partial charge in [0.05, 0.1) is 14.2 Å². The first-order chi connectivity index (χ1) is 21.4. The fourth-order valence-electron chi connectivity index (χ4n) is 6.25. The van der Waals surface area contributed by atoms with Crippen LogP contribution in [0.4, 0.5) is 0 Å². The van der Waals surface area contributed by atoms with E-state index in [9.17, 15) is 19.2 Å². The van der Waals surface area contributed by atoms with Crippen molar-refractivity contribution in [1.82, 2.24) is 20.6 Å². The first-order valence-corrected chi connectivity index (χ1v) is 15.4. The van der Waals surface area contributed by atoms with E-state index in [1.54, 1.807) is 0 Å². The summed E-state index contributed by atoms with van der Waals surface area (Å²) in [7, 11) is 2.76. The van der Waals surface area contributed by atoms with Gasteiger partial charge >= 0.3 is 11.9 Å². The van der Waals surface area contributed by atoms with Crippen molar-refractivity contribution in [3.05, 3.63) is 78.7 Å². The predicted molar refractivity (Wildman–Crippen MR) is 173 cm³/mol. The van der Waals surface area contributed by atoms with Crippen LogP contribution < -0.4 is 10.6 Å². The first-order valence-electron chi connectivity index (χ1n) is 15.4. The maximum Gasteiger partial charge on any atom is 0.305 e. The van der Waals surface area contributed by atoms with E-state index in [0.29, 0.717) is 30.4 Å². The Morgan fingerprint density at radius 2 is 1.04 bits per heavy atom. The Morgan fingerprint density at radius 3 is 1.38 bits per heavy atom. The number of esters is 2. The van der Waals surface area contributed by atoms with Gasteiger partial charge in [0, 0.05) is 64.6 Å². The van der Waals surface area contributed by atoms with Crippen molar-refractivity contribution in [2.75, 3.05) is 14.2 Å². The van der Waals surface area contributed by atoms with Crippen LogP contribution in [0.15, 0.2) is 33.7 Å². The van der Waals surface area contributed by atoms with E-state index >= 15 is 0 Å². The molecule has 0 saturated heterocycles. The van der Waals surface area contributed by atoms with Gasteiger partial charge in [0.15, 0.2) is 0 Å². The van der Waals surface area contributed by atoms with Gasteiger partial charge in [-0.15, -0.1) is 0 Å². The van der Waals surface area contributed by atoms with Gasteiger partial charge in [-0.2, -0.15) is 0 Å².